The molecule has 19 heavy (non-hydrogen) atoms. The highest BCUT2D eigenvalue weighted by Gasteiger charge is 2.63. The van der Waals surface area contributed by atoms with Gasteiger partial charge in [-0.1, -0.05) is 6.58 Å². The van der Waals surface area contributed by atoms with Crippen molar-refractivity contribution in [2.45, 2.75) is 31.2 Å². The molecule has 1 saturated heterocycles. The van der Waals surface area contributed by atoms with Gasteiger partial charge < -0.3 is 9.47 Å². The van der Waals surface area contributed by atoms with Crippen molar-refractivity contribution in [1.82, 2.24) is 0 Å². The van der Waals surface area contributed by atoms with Crippen LogP contribution in [0.4, 0.5) is 13.2 Å². The average Bonchev–Trinajstić information content (AvgIpc) is 2.91. The molecule has 5 atom stereocenters. The number of fused-ring (bicyclic) bond motifs is 1. The van der Waals surface area contributed by atoms with Crippen molar-refractivity contribution in [3.8, 4) is 0 Å². The number of alkyl halides is 3. The summed E-state index contributed by atoms with van der Waals surface area (Å²) in [6.07, 6.45) is -4.96. The van der Waals surface area contributed by atoms with Crippen LogP contribution in [0.1, 0.15) is 12.8 Å². The van der Waals surface area contributed by atoms with E-state index in [1.165, 1.54) is 0 Å². The fraction of sp³-hybridized carbons (Fsp3) is 0.667. The average molecular weight is 276 g/mol. The number of esters is 2. The number of hydrogen-bond donors (Lipinski definition) is 0. The summed E-state index contributed by atoms with van der Waals surface area (Å²) < 4.78 is 46.9. The quantitative estimate of drug-likeness (QED) is 0.568. The minimum absolute atomic E-state index is 0.0190. The van der Waals surface area contributed by atoms with Gasteiger partial charge in [0.05, 0.1) is 5.92 Å². The van der Waals surface area contributed by atoms with Crippen molar-refractivity contribution in [3.63, 3.8) is 0 Å². The fourth-order valence-corrected chi connectivity index (χ4v) is 3.37. The standard InChI is InChI=1S/C12H11F3O4/c1-4(12(13,14)15)10(16)18-8-5-2-6-7(3-5)11(17)19-9(6)8/h5-9H,1-3H2/t5-,6?,7+,8?,9?/m0/s1. The summed E-state index contributed by atoms with van der Waals surface area (Å²) in [6.45, 7) is 2.70. The number of rotatable bonds is 2. The van der Waals surface area contributed by atoms with Gasteiger partial charge in [-0.2, -0.15) is 13.2 Å². The summed E-state index contributed by atoms with van der Waals surface area (Å²) >= 11 is 0. The summed E-state index contributed by atoms with van der Waals surface area (Å²) in [5, 5.41) is 0. The SMILES string of the molecule is C=C(C(=O)OC1C2OC(=O)[C@@H]3C[C@@H]1CC23)C(F)(F)F. The van der Waals surface area contributed by atoms with Crippen LogP contribution in [0.25, 0.3) is 0 Å². The Hall–Kier alpha value is -1.53. The van der Waals surface area contributed by atoms with Crippen LogP contribution >= 0.6 is 0 Å². The van der Waals surface area contributed by atoms with Gasteiger partial charge in [-0.3, -0.25) is 4.79 Å². The molecule has 3 rings (SSSR count). The smallest absolute Gasteiger partial charge is 0.422 e. The van der Waals surface area contributed by atoms with Gasteiger partial charge in [0.25, 0.3) is 0 Å². The molecule has 0 radical (unpaired) electrons. The van der Waals surface area contributed by atoms with Crippen LogP contribution in [0, 0.1) is 17.8 Å². The van der Waals surface area contributed by atoms with Crippen molar-refractivity contribution in [3.05, 3.63) is 12.2 Å². The second-order valence-electron chi connectivity index (χ2n) is 5.25. The highest BCUT2D eigenvalue weighted by molar-refractivity contribution is 5.89. The second kappa shape index (κ2) is 3.74. The van der Waals surface area contributed by atoms with Gasteiger partial charge in [-0.15, -0.1) is 0 Å². The maximum atomic E-state index is 12.3. The molecular weight excluding hydrogens is 265 g/mol. The molecule has 4 nitrogen and oxygen atoms in total. The van der Waals surface area contributed by atoms with E-state index >= 15 is 0 Å². The highest BCUT2D eigenvalue weighted by atomic mass is 19.4. The third kappa shape index (κ3) is 1.74. The van der Waals surface area contributed by atoms with E-state index in [4.69, 9.17) is 9.47 Å². The molecule has 3 unspecified atom stereocenters. The largest absolute Gasteiger partial charge is 0.458 e. The maximum Gasteiger partial charge on any atom is 0.422 e. The first-order chi connectivity index (χ1) is 8.79. The van der Waals surface area contributed by atoms with E-state index in [2.05, 4.69) is 6.58 Å². The van der Waals surface area contributed by atoms with Crippen molar-refractivity contribution in [2.24, 2.45) is 17.8 Å². The zero-order chi connectivity index (χ0) is 13.9. The Morgan fingerprint density at radius 3 is 2.68 bits per heavy atom. The molecule has 2 saturated carbocycles. The monoisotopic (exact) mass is 276 g/mol. The van der Waals surface area contributed by atoms with Gasteiger partial charge in [0.2, 0.25) is 0 Å². The van der Waals surface area contributed by atoms with Crippen molar-refractivity contribution < 1.29 is 32.2 Å². The summed E-state index contributed by atoms with van der Waals surface area (Å²) in [4.78, 5) is 22.9. The molecule has 0 spiro atoms. The van der Waals surface area contributed by atoms with Crippen LogP contribution < -0.4 is 0 Å². The highest BCUT2D eigenvalue weighted by Crippen LogP contribution is 2.55. The maximum absolute atomic E-state index is 12.3. The fourth-order valence-electron chi connectivity index (χ4n) is 3.37. The molecule has 0 aromatic heterocycles. The van der Waals surface area contributed by atoms with Crippen LogP contribution in [0.5, 0.6) is 0 Å². The molecule has 0 aromatic rings. The number of halogens is 3. The molecule has 7 heteroatoms. The zero-order valence-corrected chi connectivity index (χ0v) is 9.77. The van der Waals surface area contributed by atoms with Crippen LogP contribution in [-0.2, 0) is 19.1 Å². The van der Waals surface area contributed by atoms with Gasteiger partial charge in [-0.05, 0) is 12.8 Å². The molecule has 1 aliphatic heterocycles. The first-order valence-corrected chi connectivity index (χ1v) is 5.96. The van der Waals surface area contributed by atoms with Crippen LogP contribution in [0.3, 0.4) is 0 Å². The second-order valence-corrected chi connectivity index (χ2v) is 5.25. The molecule has 3 aliphatic rings. The number of carbonyl (C=O) groups is 2. The lowest BCUT2D eigenvalue weighted by Gasteiger charge is -2.25. The third-order valence-electron chi connectivity index (χ3n) is 4.25. The Kier molecular flexibility index (Phi) is 2.46. The molecule has 0 aromatic carbocycles. The van der Waals surface area contributed by atoms with E-state index in [-0.39, 0.29) is 23.7 Å². The molecule has 1 heterocycles. The third-order valence-corrected chi connectivity index (χ3v) is 4.25. The van der Waals surface area contributed by atoms with E-state index < -0.39 is 29.9 Å². The molecule has 0 N–H and O–H groups in total. The first kappa shape index (κ1) is 12.5. The predicted octanol–water partition coefficient (Wildman–Crippen LogP) is 1.60. The Morgan fingerprint density at radius 2 is 2.05 bits per heavy atom. The number of carbonyl (C=O) groups excluding carboxylic acids is 2. The molecule has 104 valence electrons. The molecular formula is C12H11F3O4. The van der Waals surface area contributed by atoms with Gasteiger partial charge in [0, 0.05) is 11.8 Å². The van der Waals surface area contributed by atoms with Gasteiger partial charge >= 0.3 is 18.1 Å². The summed E-state index contributed by atoms with van der Waals surface area (Å²) in [5.41, 5.74) is -1.53. The van der Waals surface area contributed by atoms with Crippen LogP contribution in [0.2, 0.25) is 0 Å². The number of ether oxygens (including phenoxy) is 2. The predicted molar refractivity (Wildman–Crippen MR) is 54.7 cm³/mol. The molecule has 2 aliphatic carbocycles. The minimum Gasteiger partial charge on any atom is -0.458 e. The Morgan fingerprint density at radius 1 is 1.37 bits per heavy atom. The lowest BCUT2D eigenvalue weighted by atomic mass is 9.88. The van der Waals surface area contributed by atoms with Crippen molar-refractivity contribution in [1.29, 1.82) is 0 Å². The van der Waals surface area contributed by atoms with E-state index in [0.29, 0.717) is 12.8 Å². The van der Waals surface area contributed by atoms with E-state index in [1.54, 1.807) is 0 Å². The summed E-state index contributed by atoms with van der Waals surface area (Å²) in [6, 6.07) is 0. The van der Waals surface area contributed by atoms with E-state index in [0.717, 1.165) is 0 Å². The zero-order valence-electron chi connectivity index (χ0n) is 9.77. The van der Waals surface area contributed by atoms with E-state index in [9.17, 15) is 22.8 Å². The van der Waals surface area contributed by atoms with E-state index in [1.807, 2.05) is 0 Å². The first-order valence-electron chi connectivity index (χ1n) is 5.96. The Labute approximate surface area is 106 Å². The molecule has 0 amide bonds. The van der Waals surface area contributed by atoms with Crippen molar-refractivity contribution in [2.75, 3.05) is 0 Å². The summed E-state index contributed by atoms with van der Waals surface area (Å²) in [7, 11) is 0. The Balaban J connectivity index is 1.71. The minimum atomic E-state index is -4.80. The lowest BCUT2D eigenvalue weighted by molar-refractivity contribution is -0.165. The van der Waals surface area contributed by atoms with Gasteiger partial charge in [-0.25, -0.2) is 4.79 Å². The molecule has 3 fully saturated rings. The van der Waals surface area contributed by atoms with Gasteiger partial charge in [0.1, 0.15) is 17.8 Å². The lowest BCUT2D eigenvalue weighted by Crippen LogP contribution is -2.37. The topological polar surface area (TPSA) is 52.6 Å². The molecule has 2 bridgehead atoms. The van der Waals surface area contributed by atoms with Crippen molar-refractivity contribution >= 4 is 11.9 Å². The number of hydrogen-bond acceptors (Lipinski definition) is 4. The normalized spacial score (nSPS) is 39.3. The van der Waals surface area contributed by atoms with Crippen LogP contribution in [0.15, 0.2) is 12.2 Å². The van der Waals surface area contributed by atoms with Gasteiger partial charge in [0.15, 0.2) is 0 Å². The summed E-state index contributed by atoms with van der Waals surface area (Å²) in [5.74, 6) is -2.09. The van der Waals surface area contributed by atoms with Crippen LogP contribution in [-0.4, -0.2) is 30.3 Å². The Bertz CT molecular complexity index is 470.